The molecule has 0 spiro atoms. The number of nitrogens with zero attached hydrogens (tertiary/aromatic N) is 1. The summed E-state index contributed by atoms with van der Waals surface area (Å²) in [5.41, 5.74) is 1.55. The Kier molecular flexibility index (Phi) is 5.70. The predicted octanol–water partition coefficient (Wildman–Crippen LogP) is 7.02. The van der Waals surface area contributed by atoms with Gasteiger partial charge in [-0.3, -0.25) is 0 Å². The summed E-state index contributed by atoms with van der Waals surface area (Å²) in [7, 11) is 0. The molecule has 0 amide bonds. The Labute approximate surface area is 160 Å². The van der Waals surface area contributed by atoms with E-state index in [1.54, 1.807) is 6.26 Å². The van der Waals surface area contributed by atoms with E-state index < -0.39 is 0 Å². The highest BCUT2D eigenvalue weighted by Gasteiger charge is 2.41. The van der Waals surface area contributed by atoms with Crippen molar-refractivity contribution in [1.82, 2.24) is 5.16 Å². The van der Waals surface area contributed by atoms with Gasteiger partial charge in [-0.15, -0.1) is 0 Å². The Hall–Kier alpha value is -1.05. The highest BCUT2D eigenvalue weighted by atomic mass is 16.5. The molecule has 1 saturated carbocycles. The van der Waals surface area contributed by atoms with Gasteiger partial charge in [-0.1, -0.05) is 58.9 Å². The zero-order valence-electron chi connectivity index (χ0n) is 17.8. The van der Waals surface area contributed by atoms with Crippen LogP contribution in [0.4, 0.5) is 0 Å². The predicted molar refractivity (Wildman–Crippen MR) is 109 cm³/mol. The smallest absolute Gasteiger partial charge is 0.124 e. The Morgan fingerprint density at radius 2 is 1.54 bits per heavy atom. The highest BCUT2D eigenvalue weighted by Crippen LogP contribution is 2.50. The van der Waals surface area contributed by atoms with E-state index in [0.717, 1.165) is 23.4 Å². The van der Waals surface area contributed by atoms with Crippen molar-refractivity contribution in [2.75, 3.05) is 0 Å². The Balaban J connectivity index is 1.64. The Morgan fingerprint density at radius 3 is 2.04 bits per heavy atom. The lowest BCUT2D eigenvalue weighted by atomic mass is 9.59. The van der Waals surface area contributed by atoms with Crippen LogP contribution in [0.3, 0.4) is 0 Å². The van der Waals surface area contributed by atoms with Gasteiger partial charge in [0.1, 0.15) is 6.26 Å². The number of hydrogen-bond acceptors (Lipinski definition) is 2. The van der Waals surface area contributed by atoms with E-state index in [0.29, 0.717) is 17.3 Å². The first-order chi connectivity index (χ1) is 12.2. The first-order valence-corrected chi connectivity index (χ1v) is 10.8. The van der Waals surface area contributed by atoms with Crippen molar-refractivity contribution < 1.29 is 4.52 Å². The molecule has 2 aliphatic rings. The second-order valence-corrected chi connectivity index (χ2v) is 10.5. The molecule has 26 heavy (non-hydrogen) atoms. The molecule has 146 valence electrons. The largest absolute Gasteiger partial charge is 0.364 e. The Bertz CT molecular complexity index is 588. The Morgan fingerprint density at radius 1 is 0.923 bits per heavy atom. The molecule has 0 bridgehead atoms. The molecule has 2 unspecified atom stereocenters. The lowest BCUT2D eigenvalue weighted by Crippen LogP contribution is -2.38. The minimum absolute atomic E-state index is 0.0495. The van der Waals surface area contributed by atoms with Crippen LogP contribution in [0.15, 0.2) is 29.0 Å². The van der Waals surface area contributed by atoms with Crippen molar-refractivity contribution in [1.29, 1.82) is 0 Å². The van der Waals surface area contributed by atoms with Crippen LogP contribution in [0.2, 0.25) is 0 Å². The van der Waals surface area contributed by atoms with Crippen molar-refractivity contribution in [2.24, 2.45) is 35.0 Å². The number of aromatic nitrogens is 1. The molecule has 3 rings (SSSR count). The fraction of sp³-hybridized carbons (Fsp3) is 0.792. The van der Waals surface area contributed by atoms with Gasteiger partial charge < -0.3 is 4.52 Å². The molecule has 2 heteroatoms. The standard InChI is InChI=1S/C24H39NO/c1-17(2)18-7-9-19(10-8-18)23(3,4)20-11-13-21(14-12-20)24(5,6)22-15-16-26-25-22/h11,13,15-21H,7-10,12,14H2,1-6H3. The van der Waals surface area contributed by atoms with E-state index in [9.17, 15) is 0 Å². The van der Waals surface area contributed by atoms with Crippen LogP contribution < -0.4 is 0 Å². The fourth-order valence-corrected chi connectivity index (χ4v) is 5.61. The maximum absolute atomic E-state index is 5.10. The second kappa shape index (κ2) is 7.52. The minimum Gasteiger partial charge on any atom is -0.364 e. The monoisotopic (exact) mass is 357 g/mol. The molecule has 1 aromatic heterocycles. The van der Waals surface area contributed by atoms with Crippen molar-refractivity contribution in [3.05, 3.63) is 30.2 Å². The van der Waals surface area contributed by atoms with Crippen LogP contribution in [0, 0.1) is 35.0 Å². The summed E-state index contributed by atoms with van der Waals surface area (Å²) in [5.74, 6) is 3.96. The second-order valence-electron chi connectivity index (χ2n) is 10.5. The SMILES string of the molecule is CC(C)C1CCC(C(C)(C)C2C=CC(C(C)(C)c3ccon3)CC2)CC1. The summed E-state index contributed by atoms with van der Waals surface area (Å²) in [6.45, 7) is 14.5. The molecular weight excluding hydrogens is 318 g/mol. The van der Waals surface area contributed by atoms with Gasteiger partial charge in [0.15, 0.2) is 0 Å². The summed E-state index contributed by atoms with van der Waals surface area (Å²) in [6, 6.07) is 2.02. The molecule has 2 atom stereocenters. The molecule has 0 radical (unpaired) electrons. The van der Waals surface area contributed by atoms with E-state index in [1.807, 2.05) is 6.07 Å². The molecule has 0 aliphatic heterocycles. The van der Waals surface area contributed by atoms with Gasteiger partial charge in [0, 0.05) is 11.5 Å². The molecule has 1 aromatic rings. The van der Waals surface area contributed by atoms with Gasteiger partial charge in [0.25, 0.3) is 0 Å². The molecule has 1 fully saturated rings. The first kappa shape index (κ1) is 19.7. The quantitative estimate of drug-likeness (QED) is 0.529. The van der Waals surface area contributed by atoms with Gasteiger partial charge in [0.2, 0.25) is 0 Å². The van der Waals surface area contributed by atoms with Gasteiger partial charge in [-0.2, -0.15) is 0 Å². The molecule has 0 N–H and O–H groups in total. The van der Waals surface area contributed by atoms with Crippen LogP contribution in [0.5, 0.6) is 0 Å². The van der Waals surface area contributed by atoms with Gasteiger partial charge in [0.05, 0.1) is 5.69 Å². The van der Waals surface area contributed by atoms with Crippen LogP contribution in [-0.4, -0.2) is 5.16 Å². The average molecular weight is 358 g/mol. The number of hydrogen-bond donors (Lipinski definition) is 0. The van der Waals surface area contributed by atoms with Crippen LogP contribution in [0.25, 0.3) is 0 Å². The topological polar surface area (TPSA) is 26.0 Å². The third-order valence-corrected chi connectivity index (χ3v) is 8.11. The molecule has 2 aliphatic carbocycles. The van der Waals surface area contributed by atoms with Gasteiger partial charge in [-0.05, 0) is 73.5 Å². The van der Waals surface area contributed by atoms with Crippen LogP contribution >= 0.6 is 0 Å². The van der Waals surface area contributed by atoms with E-state index >= 15 is 0 Å². The van der Waals surface area contributed by atoms with E-state index in [-0.39, 0.29) is 5.41 Å². The van der Waals surface area contributed by atoms with Crippen molar-refractivity contribution in [3.8, 4) is 0 Å². The van der Waals surface area contributed by atoms with Gasteiger partial charge in [-0.25, -0.2) is 0 Å². The zero-order valence-corrected chi connectivity index (χ0v) is 17.8. The summed E-state index contributed by atoms with van der Waals surface area (Å²) >= 11 is 0. The summed E-state index contributed by atoms with van der Waals surface area (Å²) in [5, 5.41) is 4.22. The zero-order chi connectivity index (χ0) is 18.9. The summed E-state index contributed by atoms with van der Waals surface area (Å²) in [6.07, 6.45) is 15.0. The summed E-state index contributed by atoms with van der Waals surface area (Å²) < 4.78 is 5.10. The van der Waals surface area contributed by atoms with Gasteiger partial charge >= 0.3 is 0 Å². The van der Waals surface area contributed by atoms with Crippen LogP contribution in [-0.2, 0) is 5.41 Å². The van der Waals surface area contributed by atoms with E-state index in [2.05, 4.69) is 58.9 Å². The minimum atomic E-state index is 0.0495. The van der Waals surface area contributed by atoms with Crippen LogP contribution in [0.1, 0.15) is 85.8 Å². The average Bonchev–Trinajstić information content (AvgIpc) is 3.17. The molecule has 0 aromatic carbocycles. The van der Waals surface area contributed by atoms with Crippen molar-refractivity contribution in [2.45, 2.75) is 85.5 Å². The highest BCUT2D eigenvalue weighted by molar-refractivity contribution is 5.18. The lowest BCUT2D eigenvalue weighted by Gasteiger charge is -2.46. The molecule has 0 saturated heterocycles. The number of allylic oxidation sites excluding steroid dienone is 2. The lowest BCUT2D eigenvalue weighted by molar-refractivity contribution is 0.0694. The van der Waals surface area contributed by atoms with Crippen molar-refractivity contribution >= 4 is 0 Å². The molecule has 2 nitrogen and oxygen atoms in total. The normalized spacial score (nSPS) is 30.7. The summed E-state index contributed by atoms with van der Waals surface area (Å²) in [4.78, 5) is 0. The number of rotatable bonds is 5. The first-order valence-electron chi connectivity index (χ1n) is 10.8. The van der Waals surface area contributed by atoms with Crippen molar-refractivity contribution in [3.63, 3.8) is 0 Å². The van der Waals surface area contributed by atoms with E-state index in [1.165, 1.54) is 38.5 Å². The molecular formula is C24H39NO. The maximum atomic E-state index is 5.10. The third-order valence-electron chi connectivity index (χ3n) is 8.11. The van der Waals surface area contributed by atoms with E-state index in [4.69, 9.17) is 4.52 Å². The molecule has 1 heterocycles. The maximum Gasteiger partial charge on any atom is 0.124 e. The fourth-order valence-electron chi connectivity index (χ4n) is 5.61. The third kappa shape index (κ3) is 3.80.